The zero-order valence-electron chi connectivity index (χ0n) is 14.6. The second-order valence-corrected chi connectivity index (χ2v) is 8.13. The van der Waals surface area contributed by atoms with Crippen molar-refractivity contribution in [2.45, 2.75) is 44.6 Å². The fraction of sp³-hybridized carbons (Fsp3) is 0.812. The normalized spacial score (nSPS) is 21.6. The Morgan fingerprint density at radius 1 is 1.29 bits per heavy atom. The topological polar surface area (TPSA) is 76.2 Å². The highest BCUT2D eigenvalue weighted by atomic mass is 32.2. The number of aromatic nitrogens is 2. The van der Waals surface area contributed by atoms with Crippen LogP contribution >= 0.6 is 11.8 Å². The molecule has 1 aliphatic heterocycles. The molecule has 2 fully saturated rings. The Balaban J connectivity index is 1.80. The number of nitrogens with one attached hydrogen (secondary N) is 1. The molecule has 3 rings (SSSR count). The Labute approximate surface area is 147 Å². The van der Waals surface area contributed by atoms with E-state index in [-0.39, 0.29) is 16.1 Å². The number of hydrogen-bond donors (Lipinski definition) is 1. The first-order valence-corrected chi connectivity index (χ1v) is 9.94. The van der Waals surface area contributed by atoms with Crippen LogP contribution in [0.15, 0.2) is 0 Å². The van der Waals surface area contributed by atoms with Crippen LogP contribution in [-0.4, -0.2) is 56.3 Å². The smallest absolute Gasteiger partial charge is 0.333 e. The van der Waals surface area contributed by atoms with Crippen LogP contribution in [0.4, 0.5) is 11.5 Å². The molecule has 1 aromatic rings. The maximum Gasteiger partial charge on any atom is 0.333 e. The van der Waals surface area contributed by atoms with E-state index in [1.807, 2.05) is 11.8 Å². The number of rotatable bonds is 5. The molecule has 7 nitrogen and oxygen atoms in total. The summed E-state index contributed by atoms with van der Waals surface area (Å²) in [4.78, 5) is 13.7. The van der Waals surface area contributed by atoms with E-state index in [0.717, 1.165) is 19.6 Å². The van der Waals surface area contributed by atoms with Gasteiger partial charge in [-0.15, -0.1) is 0 Å². The number of anilines is 1. The van der Waals surface area contributed by atoms with Gasteiger partial charge in [0.1, 0.15) is 5.69 Å². The van der Waals surface area contributed by atoms with Crippen molar-refractivity contribution < 1.29 is 4.92 Å². The Bertz CT molecular complexity index is 592. The lowest BCUT2D eigenvalue weighted by molar-refractivity contribution is -0.384. The average Bonchev–Trinajstić information content (AvgIpc) is 2.88. The Hall–Kier alpha value is -1.28. The molecule has 0 amide bonds. The van der Waals surface area contributed by atoms with Crippen LogP contribution < -0.4 is 5.32 Å². The first-order valence-electron chi connectivity index (χ1n) is 8.78. The molecule has 1 aromatic heterocycles. The number of hydrogen-bond acceptors (Lipinski definition) is 6. The Morgan fingerprint density at radius 2 is 1.96 bits per heavy atom. The zero-order valence-corrected chi connectivity index (χ0v) is 15.4. The van der Waals surface area contributed by atoms with Gasteiger partial charge in [-0.25, -0.2) is 4.68 Å². The fourth-order valence-corrected chi connectivity index (χ4v) is 5.07. The predicted molar refractivity (Wildman–Crippen MR) is 97.8 cm³/mol. The quantitative estimate of drug-likeness (QED) is 0.648. The molecule has 0 atom stereocenters. The van der Waals surface area contributed by atoms with Gasteiger partial charge in [-0.3, -0.25) is 15.0 Å². The summed E-state index contributed by atoms with van der Waals surface area (Å²) in [6.45, 7) is 4.71. The molecular weight excluding hydrogens is 326 g/mol. The SMILES string of the molecule is Cc1nn(C)c(NCC2(N3CCSCC3)CCCCC2)c1[N+](=O)[O-]. The Morgan fingerprint density at radius 3 is 2.58 bits per heavy atom. The second-order valence-electron chi connectivity index (χ2n) is 6.90. The predicted octanol–water partition coefficient (Wildman–Crippen LogP) is 2.80. The molecular formula is C16H27N5O2S. The molecule has 2 aliphatic rings. The van der Waals surface area contributed by atoms with E-state index in [1.54, 1.807) is 18.7 Å². The van der Waals surface area contributed by atoms with E-state index in [9.17, 15) is 10.1 Å². The van der Waals surface area contributed by atoms with Crippen LogP contribution in [0, 0.1) is 17.0 Å². The molecule has 0 spiro atoms. The maximum absolute atomic E-state index is 11.4. The molecule has 0 aromatic carbocycles. The van der Waals surface area contributed by atoms with Crippen LogP contribution in [0.25, 0.3) is 0 Å². The largest absolute Gasteiger partial charge is 0.363 e. The maximum atomic E-state index is 11.4. The molecule has 8 heteroatoms. The molecule has 1 saturated heterocycles. The fourth-order valence-electron chi connectivity index (χ4n) is 4.16. The molecule has 0 radical (unpaired) electrons. The number of nitrogens with zero attached hydrogens (tertiary/aromatic N) is 4. The third kappa shape index (κ3) is 3.39. The summed E-state index contributed by atoms with van der Waals surface area (Å²) in [6, 6.07) is 0. The second kappa shape index (κ2) is 7.31. The third-order valence-electron chi connectivity index (χ3n) is 5.42. The van der Waals surface area contributed by atoms with Gasteiger partial charge in [-0.1, -0.05) is 19.3 Å². The summed E-state index contributed by atoms with van der Waals surface area (Å²) in [5.74, 6) is 2.91. The van der Waals surface area contributed by atoms with E-state index < -0.39 is 0 Å². The van der Waals surface area contributed by atoms with Crippen molar-refractivity contribution in [2.75, 3.05) is 36.5 Å². The van der Waals surface area contributed by atoms with E-state index in [4.69, 9.17) is 0 Å². The van der Waals surface area contributed by atoms with Crippen molar-refractivity contribution >= 4 is 23.3 Å². The molecule has 2 heterocycles. The van der Waals surface area contributed by atoms with Crippen LogP contribution in [0.2, 0.25) is 0 Å². The van der Waals surface area contributed by atoms with Crippen molar-refractivity contribution in [2.24, 2.45) is 7.05 Å². The van der Waals surface area contributed by atoms with Crippen molar-refractivity contribution in [3.05, 3.63) is 15.8 Å². The average molecular weight is 353 g/mol. The van der Waals surface area contributed by atoms with Crippen LogP contribution in [0.3, 0.4) is 0 Å². The lowest BCUT2D eigenvalue weighted by Crippen LogP contribution is -2.57. The molecule has 0 unspecified atom stereocenters. The summed E-state index contributed by atoms with van der Waals surface area (Å²) >= 11 is 2.02. The monoisotopic (exact) mass is 353 g/mol. The Kier molecular flexibility index (Phi) is 5.34. The van der Waals surface area contributed by atoms with Crippen LogP contribution in [-0.2, 0) is 7.05 Å². The lowest BCUT2D eigenvalue weighted by atomic mass is 9.80. The van der Waals surface area contributed by atoms with E-state index in [2.05, 4.69) is 15.3 Å². The van der Waals surface area contributed by atoms with Gasteiger partial charge in [0.2, 0.25) is 5.82 Å². The summed E-state index contributed by atoms with van der Waals surface area (Å²) in [5.41, 5.74) is 0.709. The zero-order chi connectivity index (χ0) is 17.2. The standard InChI is InChI=1S/C16H27N5O2S/c1-13-14(21(22)23)15(19(2)18-13)17-12-16(6-4-3-5-7-16)20-8-10-24-11-9-20/h17H,3-12H2,1-2H3. The molecule has 134 valence electrons. The molecule has 1 aliphatic carbocycles. The highest BCUT2D eigenvalue weighted by Crippen LogP contribution is 2.36. The van der Waals surface area contributed by atoms with Crippen molar-refractivity contribution in [3.8, 4) is 0 Å². The third-order valence-corrected chi connectivity index (χ3v) is 6.37. The first-order chi connectivity index (χ1) is 11.5. The molecule has 0 bridgehead atoms. The van der Waals surface area contributed by atoms with Crippen molar-refractivity contribution in [1.82, 2.24) is 14.7 Å². The minimum Gasteiger partial charge on any atom is -0.363 e. The first kappa shape index (κ1) is 17.5. The van der Waals surface area contributed by atoms with Crippen LogP contribution in [0.1, 0.15) is 37.8 Å². The van der Waals surface area contributed by atoms with Gasteiger partial charge in [-0.05, 0) is 19.8 Å². The van der Waals surface area contributed by atoms with Gasteiger partial charge in [0, 0.05) is 43.7 Å². The number of thioether (sulfide) groups is 1. The van der Waals surface area contributed by atoms with Gasteiger partial charge < -0.3 is 5.32 Å². The summed E-state index contributed by atoms with van der Waals surface area (Å²) in [7, 11) is 1.77. The summed E-state index contributed by atoms with van der Waals surface area (Å²) in [5, 5.41) is 19.0. The number of aryl methyl sites for hydroxylation is 2. The highest BCUT2D eigenvalue weighted by Gasteiger charge is 2.39. The molecule has 24 heavy (non-hydrogen) atoms. The van der Waals surface area contributed by atoms with E-state index >= 15 is 0 Å². The van der Waals surface area contributed by atoms with Gasteiger partial charge >= 0.3 is 5.69 Å². The van der Waals surface area contributed by atoms with Crippen LogP contribution in [0.5, 0.6) is 0 Å². The van der Waals surface area contributed by atoms with Crippen molar-refractivity contribution in [3.63, 3.8) is 0 Å². The van der Waals surface area contributed by atoms with E-state index in [0.29, 0.717) is 11.5 Å². The van der Waals surface area contributed by atoms with Crippen molar-refractivity contribution in [1.29, 1.82) is 0 Å². The minimum absolute atomic E-state index is 0.109. The minimum atomic E-state index is -0.324. The summed E-state index contributed by atoms with van der Waals surface area (Å²) in [6.07, 6.45) is 6.15. The summed E-state index contributed by atoms with van der Waals surface area (Å²) < 4.78 is 1.61. The molecule has 1 saturated carbocycles. The van der Waals surface area contributed by atoms with Gasteiger partial charge in [0.25, 0.3) is 0 Å². The molecule has 1 N–H and O–H groups in total. The van der Waals surface area contributed by atoms with Gasteiger partial charge in [0.05, 0.1) is 4.92 Å². The lowest BCUT2D eigenvalue weighted by Gasteiger charge is -2.48. The van der Waals surface area contributed by atoms with Gasteiger partial charge in [-0.2, -0.15) is 16.9 Å². The number of nitro groups is 1. The highest BCUT2D eigenvalue weighted by molar-refractivity contribution is 7.99. The van der Waals surface area contributed by atoms with E-state index in [1.165, 1.54) is 43.6 Å². The van der Waals surface area contributed by atoms with Gasteiger partial charge in [0.15, 0.2) is 0 Å².